The van der Waals surface area contributed by atoms with E-state index in [0.29, 0.717) is 6.42 Å². The molecule has 7 nitrogen and oxygen atoms in total. The average Bonchev–Trinajstić information content (AvgIpc) is 3.45. The maximum absolute atomic E-state index is 13.5. The summed E-state index contributed by atoms with van der Waals surface area (Å²) in [6, 6.07) is 22.5. The summed E-state index contributed by atoms with van der Waals surface area (Å²) in [7, 11) is 4.13. The summed E-state index contributed by atoms with van der Waals surface area (Å²) in [5.74, 6) is -0.504. The van der Waals surface area contributed by atoms with Crippen molar-refractivity contribution < 1.29 is 9.59 Å². The van der Waals surface area contributed by atoms with Gasteiger partial charge in [-0.3, -0.25) is 14.7 Å². The quantitative estimate of drug-likeness (QED) is 0.408. The van der Waals surface area contributed by atoms with Crippen LogP contribution in [0.3, 0.4) is 0 Å². The molecular formula is C30H29N5O2. The molecule has 1 saturated carbocycles. The van der Waals surface area contributed by atoms with Gasteiger partial charge >= 0.3 is 0 Å². The second kappa shape index (κ2) is 8.71. The van der Waals surface area contributed by atoms with Gasteiger partial charge in [0.1, 0.15) is 6.54 Å². The summed E-state index contributed by atoms with van der Waals surface area (Å²) in [4.78, 5) is 28.9. The molecule has 1 spiro atoms. The van der Waals surface area contributed by atoms with E-state index in [-0.39, 0.29) is 18.4 Å². The number of fused-ring (bicyclic) bond motifs is 3. The number of nitrogens with zero attached hydrogens (tertiary/aromatic N) is 3. The first-order chi connectivity index (χ1) is 17.9. The predicted octanol–water partition coefficient (Wildman–Crippen LogP) is 4.05. The molecule has 0 radical (unpaired) electrons. The Morgan fingerprint density at radius 1 is 1.14 bits per heavy atom. The van der Waals surface area contributed by atoms with Crippen molar-refractivity contribution in [3.8, 4) is 0 Å². The number of hydrogen-bond acceptors (Lipinski definition) is 4. The van der Waals surface area contributed by atoms with Crippen molar-refractivity contribution in [3.05, 3.63) is 94.7 Å². The normalized spacial score (nSPS) is 20.5. The molecule has 2 aliphatic rings. The van der Waals surface area contributed by atoms with Crippen molar-refractivity contribution in [2.75, 3.05) is 25.5 Å². The molecule has 2 amide bonds. The number of primary amides is 1. The lowest BCUT2D eigenvalue weighted by Gasteiger charge is -2.16. The zero-order valence-corrected chi connectivity index (χ0v) is 20.9. The number of benzene rings is 3. The van der Waals surface area contributed by atoms with Gasteiger partial charge in [-0.05, 0) is 61.0 Å². The van der Waals surface area contributed by atoms with Gasteiger partial charge in [-0.2, -0.15) is 5.10 Å². The van der Waals surface area contributed by atoms with Gasteiger partial charge in [0.15, 0.2) is 0 Å². The fourth-order valence-corrected chi connectivity index (χ4v) is 5.74. The fraction of sp³-hybridized carbons (Fsp3) is 0.233. The second-order valence-electron chi connectivity index (χ2n) is 10.3. The molecule has 1 aromatic heterocycles. The average molecular weight is 492 g/mol. The highest BCUT2D eigenvalue weighted by molar-refractivity contribution is 6.13. The van der Waals surface area contributed by atoms with E-state index < -0.39 is 11.3 Å². The summed E-state index contributed by atoms with van der Waals surface area (Å²) in [5, 5.41) is 8.72. The first kappa shape index (κ1) is 23.2. The largest absolute Gasteiger partial charge is 0.368 e. The van der Waals surface area contributed by atoms with Crippen LogP contribution < -0.4 is 10.6 Å². The smallest absolute Gasteiger partial charge is 0.238 e. The second-order valence-corrected chi connectivity index (χ2v) is 10.3. The zero-order valence-electron chi connectivity index (χ0n) is 20.9. The number of anilines is 1. The fourth-order valence-electron chi connectivity index (χ4n) is 5.74. The Kier molecular flexibility index (Phi) is 5.46. The van der Waals surface area contributed by atoms with E-state index in [2.05, 4.69) is 77.7 Å². The third-order valence-corrected chi connectivity index (χ3v) is 7.51. The Bertz CT molecular complexity index is 1550. The Hall–Kier alpha value is -4.23. The Morgan fingerprint density at radius 3 is 2.68 bits per heavy atom. The van der Waals surface area contributed by atoms with E-state index in [0.717, 1.165) is 45.5 Å². The third kappa shape index (κ3) is 3.92. The molecule has 0 bridgehead atoms. The van der Waals surface area contributed by atoms with E-state index in [1.54, 1.807) is 4.90 Å². The lowest BCUT2D eigenvalue weighted by molar-refractivity contribution is -0.123. The van der Waals surface area contributed by atoms with E-state index in [1.807, 2.05) is 30.3 Å². The molecule has 3 aromatic carbocycles. The van der Waals surface area contributed by atoms with E-state index in [1.165, 1.54) is 5.56 Å². The van der Waals surface area contributed by atoms with E-state index in [9.17, 15) is 9.59 Å². The Labute approximate surface area is 215 Å². The lowest BCUT2D eigenvalue weighted by Crippen LogP contribution is -2.39. The number of hydrogen-bond donors (Lipinski definition) is 2. The van der Waals surface area contributed by atoms with Crippen molar-refractivity contribution in [2.24, 2.45) is 5.73 Å². The summed E-state index contributed by atoms with van der Waals surface area (Å²) in [6.45, 7) is 0.816. The van der Waals surface area contributed by atoms with Crippen molar-refractivity contribution in [3.63, 3.8) is 0 Å². The molecule has 37 heavy (non-hydrogen) atoms. The summed E-state index contributed by atoms with van der Waals surface area (Å²) < 4.78 is 0. The first-order valence-corrected chi connectivity index (χ1v) is 12.5. The van der Waals surface area contributed by atoms with Gasteiger partial charge < -0.3 is 15.5 Å². The third-order valence-electron chi connectivity index (χ3n) is 7.51. The minimum absolute atomic E-state index is 0.0394. The number of amides is 2. The Morgan fingerprint density at radius 2 is 1.92 bits per heavy atom. The van der Waals surface area contributed by atoms with E-state index in [4.69, 9.17) is 5.73 Å². The molecule has 1 fully saturated rings. The number of H-pyrrole nitrogens is 1. The van der Waals surface area contributed by atoms with Gasteiger partial charge in [0, 0.05) is 23.5 Å². The molecule has 1 unspecified atom stereocenters. The highest BCUT2D eigenvalue weighted by atomic mass is 16.2. The summed E-state index contributed by atoms with van der Waals surface area (Å²) in [6.07, 6.45) is 4.81. The number of carbonyl (C=O) groups is 2. The summed E-state index contributed by atoms with van der Waals surface area (Å²) in [5.41, 5.74) is 11.9. The van der Waals surface area contributed by atoms with Crippen LogP contribution in [0, 0.1) is 0 Å². The molecule has 186 valence electrons. The van der Waals surface area contributed by atoms with Crippen LogP contribution in [0.5, 0.6) is 0 Å². The van der Waals surface area contributed by atoms with Crippen LogP contribution in [0.4, 0.5) is 5.69 Å². The molecule has 6 rings (SSSR count). The molecule has 4 aromatic rings. The van der Waals surface area contributed by atoms with Gasteiger partial charge in [0.25, 0.3) is 0 Å². The number of aromatic amines is 1. The predicted molar refractivity (Wildman–Crippen MR) is 146 cm³/mol. The van der Waals surface area contributed by atoms with Gasteiger partial charge in [0.2, 0.25) is 11.8 Å². The molecule has 0 saturated heterocycles. The first-order valence-electron chi connectivity index (χ1n) is 12.5. The molecular weight excluding hydrogens is 462 g/mol. The number of nitrogens with two attached hydrogens (primary N) is 1. The molecule has 2 atom stereocenters. The minimum atomic E-state index is -0.624. The van der Waals surface area contributed by atoms with E-state index >= 15 is 0 Å². The maximum atomic E-state index is 13.5. The Balaban J connectivity index is 1.25. The zero-order chi connectivity index (χ0) is 25.7. The highest BCUT2D eigenvalue weighted by Gasteiger charge is 2.67. The number of nitrogens with one attached hydrogen (secondary N) is 1. The van der Waals surface area contributed by atoms with Gasteiger partial charge in [-0.15, -0.1) is 0 Å². The topological polar surface area (TPSA) is 95.3 Å². The minimum Gasteiger partial charge on any atom is -0.368 e. The van der Waals surface area contributed by atoms with Gasteiger partial charge in [0.05, 0.1) is 16.6 Å². The SMILES string of the molecule is CN(C)Cc1ccc(/C=C/c2n[nH]c3cc(C4C[C@@]45C(=O)N(CC(N)=O)c4ccccc45)ccc23)cc1. The van der Waals surface area contributed by atoms with Crippen LogP contribution in [0.1, 0.15) is 40.3 Å². The molecule has 3 N–H and O–H groups in total. The van der Waals surface area contributed by atoms with Crippen molar-refractivity contribution in [1.82, 2.24) is 15.1 Å². The van der Waals surface area contributed by atoms with Crippen LogP contribution in [0.2, 0.25) is 0 Å². The van der Waals surface area contributed by atoms with Gasteiger partial charge in [-0.25, -0.2) is 0 Å². The molecule has 1 aliphatic carbocycles. The molecule has 1 aliphatic heterocycles. The molecule has 7 heteroatoms. The summed E-state index contributed by atoms with van der Waals surface area (Å²) >= 11 is 0. The van der Waals surface area contributed by atoms with Gasteiger partial charge in [-0.1, -0.05) is 60.7 Å². The maximum Gasteiger partial charge on any atom is 0.238 e. The van der Waals surface area contributed by atoms with Crippen LogP contribution in [-0.2, 0) is 21.5 Å². The lowest BCUT2D eigenvalue weighted by atomic mass is 9.92. The standard InChI is InChI=1S/C30H29N5O2/c1-34(2)17-20-9-7-19(8-10-20)11-14-25-22-13-12-21(15-26(22)33-32-25)24-16-30(24)23-5-3-4-6-27(23)35(29(30)37)18-28(31)36/h3-15,24H,16-18H2,1-2H3,(H2,31,36)(H,32,33)/b14-11+/t24?,30-/m0/s1. The number of rotatable bonds is 7. The van der Waals surface area contributed by atoms with Crippen molar-refractivity contribution >= 4 is 40.6 Å². The van der Waals surface area contributed by atoms with Crippen molar-refractivity contribution in [1.29, 1.82) is 0 Å². The number of carbonyl (C=O) groups excluding carboxylic acids is 2. The van der Waals surface area contributed by atoms with Crippen molar-refractivity contribution in [2.45, 2.75) is 24.3 Å². The van der Waals surface area contributed by atoms with Crippen LogP contribution in [-0.4, -0.2) is 47.6 Å². The van der Waals surface area contributed by atoms with Crippen LogP contribution in [0.15, 0.2) is 66.7 Å². The number of aromatic nitrogens is 2. The highest BCUT2D eigenvalue weighted by Crippen LogP contribution is 2.66. The monoisotopic (exact) mass is 491 g/mol. The molecule has 2 heterocycles. The van der Waals surface area contributed by atoms with Crippen LogP contribution in [0.25, 0.3) is 23.1 Å². The number of para-hydroxylation sites is 1. The van der Waals surface area contributed by atoms with Crippen LogP contribution >= 0.6 is 0 Å².